The molecule has 0 unspecified atom stereocenters. The lowest BCUT2D eigenvalue weighted by molar-refractivity contribution is -0.141. The van der Waals surface area contributed by atoms with Crippen LogP contribution in [0.2, 0.25) is 0 Å². The quantitative estimate of drug-likeness (QED) is 0.682. The zero-order chi connectivity index (χ0) is 14.6. The van der Waals surface area contributed by atoms with Gasteiger partial charge in [-0.25, -0.2) is 9.59 Å². The van der Waals surface area contributed by atoms with Crippen LogP contribution in [0.5, 0.6) is 0 Å². The normalized spacial score (nSPS) is 24.6. The van der Waals surface area contributed by atoms with Crippen molar-refractivity contribution >= 4 is 17.9 Å². The van der Waals surface area contributed by atoms with E-state index in [0.717, 1.165) is 19.3 Å². The van der Waals surface area contributed by atoms with Crippen LogP contribution in [-0.4, -0.2) is 46.0 Å². The molecule has 0 bridgehead atoms. The first-order valence-corrected chi connectivity index (χ1v) is 6.43. The number of amides is 3. The Balaban J connectivity index is 2.70. The van der Waals surface area contributed by atoms with Gasteiger partial charge in [0, 0.05) is 12.1 Å². The van der Waals surface area contributed by atoms with E-state index in [4.69, 9.17) is 10.8 Å². The SMILES string of the molecule is C[C@@H]1CCC[C@H](C)N1C(=O)N[C@H](CC(N)=O)C(=O)O. The molecule has 1 rings (SSSR count). The van der Waals surface area contributed by atoms with Crippen molar-refractivity contribution in [2.75, 3.05) is 0 Å². The predicted octanol–water partition coefficient (Wildman–Crippen LogP) is 0.288. The standard InChI is InChI=1S/C12H21N3O4/c1-7-4-3-5-8(2)15(7)12(19)14-9(11(17)18)6-10(13)16/h7-9H,3-6H2,1-2H3,(H2,13,16)(H,14,19)(H,17,18)/t7-,8+,9-/m1/s1. The van der Waals surface area contributed by atoms with E-state index >= 15 is 0 Å². The van der Waals surface area contributed by atoms with Crippen molar-refractivity contribution < 1.29 is 19.5 Å². The van der Waals surface area contributed by atoms with Crippen LogP contribution in [0.4, 0.5) is 4.79 Å². The summed E-state index contributed by atoms with van der Waals surface area (Å²) in [7, 11) is 0. The maximum Gasteiger partial charge on any atom is 0.326 e. The van der Waals surface area contributed by atoms with Crippen LogP contribution < -0.4 is 11.1 Å². The molecular weight excluding hydrogens is 250 g/mol. The molecule has 1 aliphatic rings. The lowest BCUT2D eigenvalue weighted by Gasteiger charge is -2.39. The second-order valence-electron chi connectivity index (χ2n) is 5.05. The Labute approximate surface area is 112 Å². The molecule has 1 aliphatic heterocycles. The zero-order valence-electron chi connectivity index (χ0n) is 11.3. The van der Waals surface area contributed by atoms with Crippen molar-refractivity contribution in [3.63, 3.8) is 0 Å². The zero-order valence-corrected chi connectivity index (χ0v) is 11.3. The number of carbonyl (C=O) groups is 3. The van der Waals surface area contributed by atoms with Crippen molar-refractivity contribution in [3.05, 3.63) is 0 Å². The molecule has 0 saturated carbocycles. The molecule has 1 fully saturated rings. The summed E-state index contributed by atoms with van der Waals surface area (Å²) in [6, 6.07) is -1.60. The maximum atomic E-state index is 12.1. The summed E-state index contributed by atoms with van der Waals surface area (Å²) in [5, 5.41) is 11.3. The maximum absolute atomic E-state index is 12.1. The summed E-state index contributed by atoms with van der Waals surface area (Å²) in [6.45, 7) is 3.86. The number of nitrogens with zero attached hydrogens (tertiary/aromatic N) is 1. The van der Waals surface area contributed by atoms with Gasteiger partial charge in [-0.3, -0.25) is 4.79 Å². The smallest absolute Gasteiger partial charge is 0.326 e. The van der Waals surface area contributed by atoms with Crippen LogP contribution in [0.25, 0.3) is 0 Å². The monoisotopic (exact) mass is 271 g/mol. The van der Waals surface area contributed by atoms with E-state index in [1.165, 1.54) is 0 Å². The molecule has 3 amide bonds. The van der Waals surface area contributed by atoms with Gasteiger partial charge in [-0.2, -0.15) is 0 Å². The number of nitrogens with one attached hydrogen (secondary N) is 1. The van der Waals surface area contributed by atoms with Gasteiger partial charge >= 0.3 is 12.0 Å². The summed E-state index contributed by atoms with van der Waals surface area (Å²) in [6.07, 6.45) is 2.43. The van der Waals surface area contributed by atoms with Gasteiger partial charge < -0.3 is 21.1 Å². The van der Waals surface area contributed by atoms with Crippen LogP contribution in [0, 0.1) is 0 Å². The minimum atomic E-state index is -1.27. The molecule has 0 spiro atoms. The number of primary amides is 1. The fraction of sp³-hybridized carbons (Fsp3) is 0.750. The molecule has 0 aromatic carbocycles. The van der Waals surface area contributed by atoms with Crippen molar-refractivity contribution in [1.82, 2.24) is 10.2 Å². The topological polar surface area (TPSA) is 113 Å². The molecule has 7 nitrogen and oxygen atoms in total. The summed E-state index contributed by atoms with van der Waals surface area (Å²) < 4.78 is 0. The molecule has 4 N–H and O–H groups in total. The van der Waals surface area contributed by atoms with Gasteiger partial charge in [0.2, 0.25) is 5.91 Å². The highest BCUT2D eigenvalue weighted by atomic mass is 16.4. The Morgan fingerprint density at radius 3 is 2.26 bits per heavy atom. The lowest BCUT2D eigenvalue weighted by Crippen LogP contribution is -2.55. The Hall–Kier alpha value is -1.79. The Kier molecular flexibility index (Phi) is 5.14. The van der Waals surface area contributed by atoms with Gasteiger partial charge in [-0.05, 0) is 33.1 Å². The average Bonchev–Trinajstić information content (AvgIpc) is 2.27. The molecule has 3 atom stereocenters. The second-order valence-corrected chi connectivity index (χ2v) is 5.05. The van der Waals surface area contributed by atoms with Crippen molar-refractivity contribution in [2.24, 2.45) is 5.73 Å². The summed E-state index contributed by atoms with van der Waals surface area (Å²) in [4.78, 5) is 35.5. The number of likely N-dealkylation sites (tertiary alicyclic amines) is 1. The van der Waals surface area contributed by atoms with Crippen LogP contribution in [0.1, 0.15) is 39.5 Å². The summed E-state index contributed by atoms with van der Waals surface area (Å²) in [5.74, 6) is -2.02. The molecule has 1 heterocycles. The van der Waals surface area contributed by atoms with Crippen molar-refractivity contribution in [2.45, 2.75) is 57.7 Å². The van der Waals surface area contributed by atoms with Crippen LogP contribution in [0.3, 0.4) is 0 Å². The summed E-state index contributed by atoms with van der Waals surface area (Å²) >= 11 is 0. The first-order chi connectivity index (χ1) is 8.82. The number of piperidine rings is 1. The number of nitrogens with two attached hydrogens (primary N) is 1. The van der Waals surface area contributed by atoms with Gasteiger partial charge in [0.1, 0.15) is 6.04 Å². The third-order valence-corrected chi connectivity index (χ3v) is 3.43. The van der Waals surface area contributed by atoms with Gasteiger partial charge in [0.25, 0.3) is 0 Å². The number of urea groups is 1. The third-order valence-electron chi connectivity index (χ3n) is 3.43. The van der Waals surface area contributed by atoms with Gasteiger partial charge in [0.05, 0.1) is 6.42 Å². The number of rotatable bonds is 4. The van der Waals surface area contributed by atoms with Crippen LogP contribution >= 0.6 is 0 Å². The highest BCUT2D eigenvalue weighted by molar-refractivity contribution is 5.87. The van der Waals surface area contributed by atoms with E-state index in [2.05, 4.69) is 5.32 Å². The van der Waals surface area contributed by atoms with Crippen LogP contribution in [-0.2, 0) is 9.59 Å². The number of hydrogen-bond donors (Lipinski definition) is 3. The molecule has 0 aromatic rings. The van der Waals surface area contributed by atoms with Crippen LogP contribution in [0.15, 0.2) is 0 Å². The Morgan fingerprint density at radius 1 is 1.32 bits per heavy atom. The number of carboxylic acid groups (broad SMARTS) is 1. The Morgan fingerprint density at radius 2 is 1.84 bits per heavy atom. The molecule has 19 heavy (non-hydrogen) atoms. The van der Waals surface area contributed by atoms with E-state index in [1.54, 1.807) is 4.90 Å². The highest BCUT2D eigenvalue weighted by Gasteiger charge is 2.31. The van der Waals surface area contributed by atoms with E-state index in [-0.39, 0.29) is 12.1 Å². The van der Waals surface area contributed by atoms with E-state index in [0.29, 0.717) is 0 Å². The minimum Gasteiger partial charge on any atom is -0.480 e. The lowest BCUT2D eigenvalue weighted by atomic mass is 9.98. The Bertz CT molecular complexity index is 362. The number of aliphatic carboxylic acids is 1. The highest BCUT2D eigenvalue weighted by Crippen LogP contribution is 2.22. The van der Waals surface area contributed by atoms with E-state index in [1.807, 2.05) is 13.8 Å². The summed E-state index contributed by atoms with van der Waals surface area (Å²) in [5.41, 5.74) is 4.97. The molecule has 7 heteroatoms. The second kappa shape index (κ2) is 6.40. The fourth-order valence-electron chi connectivity index (χ4n) is 2.45. The fourth-order valence-corrected chi connectivity index (χ4v) is 2.45. The first-order valence-electron chi connectivity index (χ1n) is 6.43. The first kappa shape index (κ1) is 15.3. The number of carbonyl (C=O) groups excluding carboxylic acids is 2. The number of carboxylic acids is 1. The molecule has 0 radical (unpaired) electrons. The van der Waals surface area contributed by atoms with Crippen molar-refractivity contribution in [1.29, 1.82) is 0 Å². The average molecular weight is 271 g/mol. The van der Waals surface area contributed by atoms with E-state index < -0.39 is 30.4 Å². The molecular formula is C12H21N3O4. The number of hydrogen-bond acceptors (Lipinski definition) is 3. The van der Waals surface area contributed by atoms with Gasteiger partial charge in [-0.15, -0.1) is 0 Å². The molecule has 0 aromatic heterocycles. The van der Waals surface area contributed by atoms with E-state index in [9.17, 15) is 14.4 Å². The van der Waals surface area contributed by atoms with Gasteiger partial charge in [0.15, 0.2) is 0 Å². The molecule has 108 valence electrons. The molecule has 1 saturated heterocycles. The third kappa shape index (κ3) is 4.11. The minimum absolute atomic E-state index is 0.0618. The van der Waals surface area contributed by atoms with Crippen molar-refractivity contribution in [3.8, 4) is 0 Å². The predicted molar refractivity (Wildman–Crippen MR) is 68.4 cm³/mol. The van der Waals surface area contributed by atoms with Gasteiger partial charge in [-0.1, -0.05) is 0 Å². The largest absolute Gasteiger partial charge is 0.480 e. The molecule has 0 aliphatic carbocycles.